The molecule has 22 heavy (non-hydrogen) atoms. The van der Waals surface area contributed by atoms with E-state index in [1.165, 1.54) is 12.8 Å². The highest BCUT2D eigenvalue weighted by atomic mass is 32.2. The van der Waals surface area contributed by atoms with Crippen molar-refractivity contribution in [1.82, 2.24) is 14.9 Å². The smallest absolute Gasteiger partial charge is 0.321 e. The number of aromatic nitrogens is 2. The van der Waals surface area contributed by atoms with Crippen molar-refractivity contribution in [2.24, 2.45) is 0 Å². The Morgan fingerprint density at radius 2 is 2.18 bits per heavy atom. The van der Waals surface area contributed by atoms with Gasteiger partial charge < -0.3 is 10.2 Å². The molecule has 0 bridgehead atoms. The van der Waals surface area contributed by atoms with Crippen LogP contribution in [0.4, 0.5) is 10.5 Å². The van der Waals surface area contributed by atoms with E-state index in [1.54, 1.807) is 6.20 Å². The number of amides is 2. The van der Waals surface area contributed by atoms with Crippen LogP contribution in [0.25, 0.3) is 0 Å². The number of likely N-dealkylation sites (tertiary alicyclic amines) is 1. The predicted octanol–water partition coefficient (Wildman–Crippen LogP) is 3.41. The SMILES string of the molecule is CS[C@@H]1CCCCN(C(=O)Nc2cnc(C)nc2C2CC2)C1. The largest absolute Gasteiger partial charge is 0.323 e. The molecule has 1 aliphatic heterocycles. The van der Waals surface area contributed by atoms with E-state index in [0.29, 0.717) is 11.2 Å². The Kier molecular flexibility index (Phi) is 4.86. The molecule has 1 aliphatic carbocycles. The van der Waals surface area contributed by atoms with Crippen LogP contribution in [-0.2, 0) is 0 Å². The lowest BCUT2D eigenvalue weighted by molar-refractivity contribution is 0.214. The molecule has 0 aromatic carbocycles. The number of carbonyl (C=O) groups excluding carboxylic acids is 1. The minimum absolute atomic E-state index is 0.00435. The van der Waals surface area contributed by atoms with Crippen molar-refractivity contribution in [3.05, 3.63) is 17.7 Å². The summed E-state index contributed by atoms with van der Waals surface area (Å²) in [6.45, 7) is 3.57. The zero-order chi connectivity index (χ0) is 15.5. The molecular formula is C16H24N4OS. The standard InChI is InChI=1S/C16H24N4OS/c1-11-17-9-14(15(18-11)12-6-7-12)19-16(21)20-8-4-3-5-13(10-20)22-2/h9,12-13H,3-8,10H2,1-2H3,(H,19,21)/t13-/m1/s1. The summed E-state index contributed by atoms with van der Waals surface area (Å²) >= 11 is 1.86. The molecule has 1 saturated heterocycles. The molecule has 1 N–H and O–H groups in total. The number of hydrogen-bond donors (Lipinski definition) is 1. The van der Waals surface area contributed by atoms with Crippen molar-refractivity contribution in [3.63, 3.8) is 0 Å². The molecule has 6 heteroatoms. The van der Waals surface area contributed by atoms with Crippen LogP contribution in [0.15, 0.2) is 6.20 Å². The van der Waals surface area contributed by atoms with Gasteiger partial charge in [0.05, 0.1) is 17.6 Å². The zero-order valence-corrected chi connectivity index (χ0v) is 14.2. The molecule has 120 valence electrons. The third kappa shape index (κ3) is 3.72. The number of carbonyl (C=O) groups is 1. The third-order valence-electron chi connectivity index (χ3n) is 4.39. The fourth-order valence-corrected chi connectivity index (χ4v) is 3.66. The minimum atomic E-state index is -0.00435. The number of anilines is 1. The fraction of sp³-hybridized carbons (Fsp3) is 0.688. The van der Waals surface area contributed by atoms with Crippen LogP contribution in [0.2, 0.25) is 0 Å². The lowest BCUT2D eigenvalue weighted by Crippen LogP contribution is -2.38. The molecule has 0 unspecified atom stereocenters. The third-order valence-corrected chi connectivity index (χ3v) is 5.44. The van der Waals surface area contributed by atoms with Gasteiger partial charge in [-0.2, -0.15) is 11.8 Å². The number of nitrogens with zero attached hydrogens (tertiary/aromatic N) is 3. The second-order valence-electron chi connectivity index (χ2n) is 6.22. The van der Waals surface area contributed by atoms with Crippen molar-refractivity contribution in [3.8, 4) is 0 Å². The van der Waals surface area contributed by atoms with E-state index in [2.05, 4.69) is 21.5 Å². The molecule has 5 nitrogen and oxygen atoms in total. The van der Waals surface area contributed by atoms with Crippen LogP contribution in [0.1, 0.15) is 49.5 Å². The van der Waals surface area contributed by atoms with E-state index in [1.807, 2.05) is 23.6 Å². The molecule has 2 fully saturated rings. The highest BCUT2D eigenvalue weighted by Crippen LogP contribution is 2.42. The first kappa shape index (κ1) is 15.6. The number of rotatable bonds is 3. The molecule has 2 heterocycles. The van der Waals surface area contributed by atoms with Gasteiger partial charge in [-0.05, 0) is 38.9 Å². The summed E-state index contributed by atoms with van der Waals surface area (Å²) in [5.74, 6) is 1.28. The Labute approximate surface area is 136 Å². The van der Waals surface area contributed by atoms with Crippen LogP contribution >= 0.6 is 11.8 Å². The Morgan fingerprint density at radius 1 is 1.36 bits per heavy atom. The molecule has 1 aromatic rings. The van der Waals surface area contributed by atoms with Gasteiger partial charge in [-0.3, -0.25) is 0 Å². The molecule has 2 aliphatic rings. The van der Waals surface area contributed by atoms with Crippen molar-refractivity contribution in [2.45, 2.75) is 50.2 Å². The molecule has 2 amide bonds. The van der Waals surface area contributed by atoms with E-state index >= 15 is 0 Å². The average Bonchev–Trinajstić information content (AvgIpc) is 3.35. The summed E-state index contributed by atoms with van der Waals surface area (Å²) in [5, 5.41) is 3.60. The van der Waals surface area contributed by atoms with Crippen LogP contribution in [-0.4, -0.2) is 45.5 Å². The quantitative estimate of drug-likeness (QED) is 0.927. The monoisotopic (exact) mass is 320 g/mol. The number of urea groups is 1. The highest BCUT2D eigenvalue weighted by molar-refractivity contribution is 7.99. The molecule has 1 saturated carbocycles. The summed E-state index contributed by atoms with van der Waals surface area (Å²) in [4.78, 5) is 23.3. The zero-order valence-electron chi connectivity index (χ0n) is 13.3. The lowest BCUT2D eigenvalue weighted by Gasteiger charge is -2.24. The molecule has 1 aromatic heterocycles. The van der Waals surface area contributed by atoms with Crippen LogP contribution in [0.3, 0.4) is 0 Å². The summed E-state index contributed by atoms with van der Waals surface area (Å²) in [7, 11) is 0. The highest BCUT2D eigenvalue weighted by Gasteiger charge is 2.29. The normalized spacial score (nSPS) is 22.3. The predicted molar refractivity (Wildman–Crippen MR) is 90.5 cm³/mol. The summed E-state index contributed by atoms with van der Waals surface area (Å²) in [5.41, 5.74) is 1.81. The number of thioether (sulfide) groups is 1. The molecule has 1 atom stereocenters. The lowest BCUT2D eigenvalue weighted by atomic mass is 10.2. The van der Waals surface area contributed by atoms with E-state index in [0.717, 1.165) is 49.6 Å². The molecule has 3 rings (SSSR count). The van der Waals surface area contributed by atoms with Crippen LogP contribution in [0.5, 0.6) is 0 Å². The van der Waals surface area contributed by atoms with Gasteiger partial charge in [-0.15, -0.1) is 0 Å². The van der Waals surface area contributed by atoms with E-state index in [-0.39, 0.29) is 6.03 Å². The number of hydrogen-bond acceptors (Lipinski definition) is 4. The first-order valence-corrected chi connectivity index (χ1v) is 9.38. The van der Waals surface area contributed by atoms with Gasteiger partial charge in [0, 0.05) is 24.3 Å². The second-order valence-corrected chi connectivity index (χ2v) is 7.36. The van der Waals surface area contributed by atoms with E-state index < -0.39 is 0 Å². The van der Waals surface area contributed by atoms with E-state index in [9.17, 15) is 4.79 Å². The maximum Gasteiger partial charge on any atom is 0.321 e. The van der Waals surface area contributed by atoms with Crippen molar-refractivity contribution in [2.75, 3.05) is 24.7 Å². The van der Waals surface area contributed by atoms with Gasteiger partial charge in [0.2, 0.25) is 0 Å². The van der Waals surface area contributed by atoms with E-state index in [4.69, 9.17) is 0 Å². The molecular weight excluding hydrogens is 296 g/mol. The Morgan fingerprint density at radius 3 is 2.91 bits per heavy atom. The van der Waals surface area contributed by atoms with Crippen molar-refractivity contribution < 1.29 is 4.79 Å². The first-order chi connectivity index (χ1) is 10.7. The number of nitrogens with one attached hydrogen (secondary N) is 1. The van der Waals surface area contributed by atoms with Crippen LogP contribution in [0, 0.1) is 6.92 Å². The Hall–Kier alpha value is -1.30. The van der Waals surface area contributed by atoms with Gasteiger partial charge in [0.1, 0.15) is 5.82 Å². The van der Waals surface area contributed by atoms with Crippen molar-refractivity contribution >= 4 is 23.5 Å². The summed E-state index contributed by atoms with van der Waals surface area (Å²) in [6, 6.07) is -0.00435. The summed E-state index contributed by atoms with van der Waals surface area (Å²) < 4.78 is 0. The topological polar surface area (TPSA) is 58.1 Å². The summed E-state index contributed by atoms with van der Waals surface area (Å²) in [6.07, 6.45) is 9.71. The minimum Gasteiger partial charge on any atom is -0.323 e. The van der Waals surface area contributed by atoms with Crippen molar-refractivity contribution in [1.29, 1.82) is 0 Å². The first-order valence-electron chi connectivity index (χ1n) is 8.09. The van der Waals surface area contributed by atoms with Gasteiger partial charge in [-0.25, -0.2) is 14.8 Å². The molecule has 0 radical (unpaired) electrons. The Bertz CT molecular complexity index is 547. The number of aryl methyl sites for hydroxylation is 1. The van der Waals surface area contributed by atoms with Crippen LogP contribution < -0.4 is 5.32 Å². The fourth-order valence-electron chi connectivity index (χ4n) is 2.93. The average molecular weight is 320 g/mol. The van der Waals surface area contributed by atoms with Gasteiger partial charge in [0.15, 0.2) is 0 Å². The maximum atomic E-state index is 12.6. The van der Waals surface area contributed by atoms with Gasteiger partial charge in [0.25, 0.3) is 0 Å². The maximum absolute atomic E-state index is 12.6. The van der Waals surface area contributed by atoms with Gasteiger partial charge in [-0.1, -0.05) is 6.42 Å². The Balaban J connectivity index is 1.71. The molecule has 0 spiro atoms. The van der Waals surface area contributed by atoms with Gasteiger partial charge >= 0.3 is 6.03 Å². The second kappa shape index (κ2) is 6.86.